The van der Waals surface area contributed by atoms with Gasteiger partial charge in [-0.3, -0.25) is 4.98 Å². The molecule has 3 N–H and O–H groups in total. The highest BCUT2D eigenvalue weighted by Gasteiger charge is 2.15. The van der Waals surface area contributed by atoms with Crippen LogP contribution in [0.2, 0.25) is 5.02 Å². The summed E-state index contributed by atoms with van der Waals surface area (Å²) in [6.07, 6.45) is 0.960. The number of halogens is 1. The van der Waals surface area contributed by atoms with Gasteiger partial charge in [0.25, 0.3) is 0 Å². The number of carbonyl (C=O) groups is 1. The van der Waals surface area contributed by atoms with Crippen LogP contribution in [0.1, 0.15) is 26.5 Å². The number of anilines is 1. The van der Waals surface area contributed by atoms with E-state index in [0.717, 1.165) is 0 Å². The molecule has 0 spiro atoms. The summed E-state index contributed by atoms with van der Waals surface area (Å²) >= 11 is 5.83. The summed E-state index contributed by atoms with van der Waals surface area (Å²) in [4.78, 5) is 15.4. The smallest absolute Gasteiger partial charge is 0.407 e. The van der Waals surface area contributed by atoms with E-state index in [1.807, 2.05) is 0 Å². The molecule has 0 atom stereocenters. The summed E-state index contributed by atoms with van der Waals surface area (Å²) in [5.41, 5.74) is 6.03. The van der Waals surface area contributed by atoms with Crippen molar-refractivity contribution in [1.29, 1.82) is 0 Å². The molecule has 0 radical (unpaired) electrons. The topological polar surface area (TPSA) is 77.2 Å². The Morgan fingerprint density at radius 1 is 1.59 bits per heavy atom. The molecule has 1 aromatic heterocycles. The fourth-order valence-electron chi connectivity index (χ4n) is 1.05. The van der Waals surface area contributed by atoms with Crippen molar-refractivity contribution < 1.29 is 9.53 Å². The van der Waals surface area contributed by atoms with Crippen molar-refractivity contribution in [3.63, 3.8) is 0 Å². The number of hydrogen-bond acceptors (Lipinski definition) is 4. The highest BCUT2D eigenvalue weighted by atomic mass is 35.5. The zero-order chi connectivity index (χ0) is 13.1. The van der Waals surface area contributed by atoms with Gasteiger partial charge in [0.2, 0.25) is 0 Å². The molecule has 6 heteroatoms. The van der Waals surface area contributed by atoms with E-state index in [0.29, 0.717) is 16.4 Å². The van der Waals surface area contributed by atoms with E-state index in [9.17, 15) is 4.79 Å². The largest absolute Gasteiger partial charge is 0.444 e. The molecule has 0 aliphatic rings. The summed E-state index contributed by atoms with van der Waals surface area (Å²) in [6.45, 7) is 5.63. The van der Waals surface area contributed by atoms with Gasteiger partial charge in [-0.25, -0.2) is 4.79 Å². The number of nitrogen functional groups attached to an aromatic ring is 1. The maximum absolute atomic E-state index is 11.4. The predicted molar refractivity (Wildman–Crippen MR) is 66.7 cm³/mol. The molecule has 94 valence electrons. The van der Waals surface area contributed by atoms with Crippen molar-refractivity contribution in [1.82, 2.24) is 10.3 Å². The van der Waals surface area contributed by atoms with Crippen LogP contribution in [0.4, 0.5) is 10.5 Å². The summed E-state index contributed by atoms with van der Waals surface area (Å²) in [6, 6.07) is 1.61. The first-order valence-electron chi connectivity index (χ1n) is 5.14. The Morgan fingerprint density at radius 2 is 2.24 bits per heavy atom. The molecular formula is C11H16ClN3O2. The fourth-order valence-corrected chi connectivity index (χ4v) is 1.23. The molecule has 0 fully saturated rings. The van der Waals surface area contributed by atoms with Crippen LogP contribution in [0.5, 0.6) is 0 Å². The van der Waals surface area contributed by atoms with Gasteiger partial charge in [0.1, 0.15) is 5.60 Å². The first-order valence-corrected chi connectivity index (χ1v) is 5.52. The molecule has 0 aromatic carbocycles. The lowest BCUT2D eigenvalue weighted by molar-refractivity contribution is 0.0523. The number of nitrogens with zero attached hydrogens (tertiary/aromatic N) is 1. The number of hydrogen-bond donors (Lipinski definition) is 2. The Bertz CT molecular complexity index is 416. The number of nitrogens with two attached hydrogens (primary N) is 1. The second-order valence-electron chi connectivity index (χ2n) is 4.55. The van der Waals surface area contributed by atoms with Crippen LogP contribution < -0.4 is 11.1 Å². The van der Waals surface area contributed by atoms with Crippen molar-refractivity contribution in [3.8, 4) is 0 Å². The first-order chi connectivity index (χ1) is 7.78. The first kappa shape index (κ1) is 13.6. The maximum atomic E-state index is 11.4. The van der Waals surface area contributed by atoms with E-state index in [-0.39, 0.29) is 6.54 Å². The Kier molecular flexibility index (Phi) is 4.17. The van der Waals surface area contributed by atoms with Crippen molar-refractivity contribution in [2.75, 3.05) is 5.73 Å². The molecule has 5 nitrogen and oxygen atoms in total. The Balaban J connectivity index is 2.50. The molecule has 0 bridgehead atoms. The Morgan fingerprint density at radius 3 is 2.76 bits per heavy atom. The zero-order valence-electron chi connectivity index (χ0n) is 10.1. The molecule has 1 amide bonds. The van der Waals surface area contributed by atoms with Crippen molar-refractivity contribution >= 4 is 23.4 Å². The van der Waals surface area contributed by atoms with E-state index in [4.69, 9.17) is 22.1 Å². The molecule has 0 aliphatic carbocycles. The van der Waals surface area contributed by atoms with Crippen LogP contribution in [0.15, 0.2) is 12.3 Å². The van der Waals surface area contributed by atoms with Gasteiger partial charge in [0.05, 0.1) is 29.1 Å². The summed E-state index contributed by atoms with van der Waals surface area (Å²) in [7, 11) is 0. The highest BCUT2D eigenvalue weighted by Crippen LogP contribution is 2.17. The highest BCUT2D eigenvalue weighted by molar-refractivity contribution is 6.33. The molecule has 1 aromatic rings. The van der Waals surface area contributed by atoms with Gasteiger partial charge in [-0.2, -0.15) is 0 Å². The number of carbonyl (C=O) groups excluding carboxylic acids is 1. The van der Waals surface area contributed by atoms with Gasteiger partial charge in [-0.1, -0.05) is 11.6 Å². The summed E-state index contributed by atoms with van der Waals surface area (Å²) in [5, 5.41) is 3.00. The van der Waals surface area contributed by atoms with Gasteiger partial charge in [-0.05, 0) is 26.8 Å². The standard InChI is InChI=1S/C11H16ClN3O2/c1-11(2,3)17-10(16)15-5-7-4-8(12)9(13)6-14-7/h4,6H,5,13H2,1-3H3,(H,15,16). The minimum atomic E-state index is -0.518. The van der Waals surface area contributed by atoms with Crippen LogP contribution in [0.25, 0.3) is 0 Å². The molecular weight excluding hydrogens is 242 g/mol. The minimum absolute atomic E-state index is 0.245. The van der Waals surface area contributed by atoms with Crippen LogP contribution in [0.3, 0.4) is 0 Å². The van der Waals surface area contributed by atoms with Gasteiger partial charge in [0.15, 0.2) is 0 Å². The Labute approximate surface area is 105 Å². The summed E-state index contributed by atoms with van der Waals surface area (Å²) < 4.78 is 5.08. The molecule has 0 unspecified atom stereocenters. The normalized spacial score (nSPS) is 11.1. The number of rotatable bonds is 2. The summed E-state index contributed by atoms with van der Waals surface area (Å²) in [5.74, 6) is 0. The number of pyridine rings is 1. The number of nitrogens with one attached hydrogen (secondary N) is 1. The molecule has 0 saturated carbocycles. The SMILES string of the molecule is CC(C)(C)OC(=O)NCc1cc(Cl)c(N)cn1. The van der Waals surface area contributed by atoms with Crippen molar-refractivity contribution in [2.24, 2.45) is 0 Å². The third-order valence-electron chi connectivity index (χ3n) is 1.75. The zero-order valence-corrected chi connectivity index (χ0v) is 10.8. The van der Waals surface area contributed by atoms with Gasteiger partial charge >= 0.3 is 6.09 Å². The van der Waals surface area contributed by atoms with Crippen LogP contribution >= 0.6 is 11.6 Å². The third kappa shape index (κ3) is 4.91. The van der Waals surface area contributed by atoms with Crippen LogP contribution in [0, 0.1) is 0 Å². The van der Waals surface area contributed by atoms with E-state index in [1.54, 1.807) is 26.8 Å². The van der Waals surface area contributed by atoms with Crippen LogP contribution in [-0.4, -0.2) is 16.7 Å². The van der Waals surface area contributed by atoms with E-state index in [2.05, 4.69) is 10.3 Å². The van der Waals surface area contributed by atoms with Gasteiger partial charge < -0.3 is 15.8 Å². The Hall–Kier alpha value is -1.49. The number of alkyl carbamates (subject to hydrolysis) is 1. The molecule has 1 heterocycles. The average molecular weight is 258 g/mol. The molecule has 0 saturated heterocycles. The minimum Gasteiger partial charge on any atom is -0.444 e. The lowest BCUT2D eigenvalue weighted by atomic mass is 10.2. The van der Waals surface area contributed by atoms with Crippen LogP contribution in [-0.2, 0) is 11.3 Å². The number of aromatic nitrogens is 1. The van der Waals surface area contributed by atoms with Crippen molar-refractivity contribution in [3.05, 3.63) is 23.0 Å². The molecule has 0 aliphatic heterocycles. The van der Waals surface area contributed by atoms with E-state index >= 15 is 0 Å². The quantitative estimate of drug-likeness (QED) is 0.853. The monoisotopic (exact) mass is 257 g/mol. The van der Waals surface area contributed by atoms with Gasteiger partial charge in [0, 0.05) is 0 Å². The maximum Gasteiger partial charge on any atom is 0.407 e. The number of ether oxygens (including phenoxy) is 1. The lowest BCUT2D eigenvalue weighted by Gasteiger charge is -2.19. The predicted octanol–water partition coefficient (Wildman–Crippen LogP) is 2.34. The second kappa shape index (κ2) is 5.23. The molecule has 17 heavy (non-hydrogen) atoms. The number of amides is 1. The fraction of sp³-hybridized carbons (Fsp3) is 0.455. The van der Waals surface area contributed by atoms with E-state index < -0.39 is 11.7 Å². The van der Waals surface area contributed by atoms with E-state index in [1.165, 1.54) is 6.20 Å². The third-order valence-corrected chi connectivity index (χ3v) is 2.08. The second-order valence-corrected chi connectivity index (χ2v) is 4.96. The molecule has 1 rings (SSSR count). The van der Waals surface area contributed by atoms with Crippen molar-refractivity contribution in [2.45, 2.75) is 32.9 Å². The average Bonchev–Trinajstić information content (AvgIpc) is 2.17. The lowest BCUT2D eigenvalue weighted by Crippen LogP contribution is -2.32. The van der Waals surface area contributed by atoms with Gasteiger partial charge in [-0.15, -0.1) is 0 Å².